The van der Waals surface area contributed by atoms with Crippen molar-refractivity contribution in [3.05, 3.63) is 23.4 Å². The number of rotatable bonds is 3. The first-order valence-corrected chi connectivity index (χ1v) is 3.77. The Morgan fingerprint density at radius 2 is 2.33 bits per heavy atom. The summed E-state index contributed by atoms with van der Waals surface area (Å²) < 4.78 is 0. The molecule has 3 N–H and O–H groups in total. The van der Waals surface area contributed by atoms with Crippen molar-refractivity contribution in [2.75, 3.05) is 18.4 Å². The van der Waals surface area contributed by atoms with E-state index in [1.165, 1.54) is 0 Å². The van der Waals surface area contributed by atoms with Crippen LogP contribution in [0.4, 0.5) is 5.82 Å². The highest BCUT2D eigenvalue weighted by molar-refractivity contribution is 6.32. The minimum atomic E-state index is 0. The van der Waals surface area contributed by atoms with Crippen LogP contribution in [0.5, 0.6) is 0 Å². The van der Waals surface area contributed by atoms with Crippen LogP contribution in [0.2, 0.25) is 5.02 Å². The number of pyridine rings is 1. The summed E-state index contributed by atoms with van der Waals surface area (Å²) in [5, 5.41) is 3.62. The number of hydrogen-bond acceptors (Lipinski definition) is 3. The third kappa shape index (κ3) is 3.26. The molecule has 0 saturated carbocycles. The molecule has 0 amide bonds. The van der Waals surface area contributed by atoms with Crippen molar-refractivity contribution in [3.8, 4) is 0 Å². The summed E-state index contributed by atoms with van der Waals surface area (Å²) in [7, 11) is 0. The van der Waals surface area contributed by atoms with Gasteiger partial charge in [-0.1, -0.05) is 11.6 Å². The van der Waals surface area contributed by atoms with Crippen LogP contribution in [0.1, 0.15) is 0 Å². The largest absolute Gasteiger partial charge is 0.368 e. The summed E-state index contributed by atoms with van der Waals surface area (Å²) in [4.78, 5) is 4.02. The molecule has 0 radical (unpaired) electrons. The van der Waals surface area contributed by atoms with Crippen molar-refractivity contribution in [1.29, 1.82) is 0 Å². The Kier molecular flexibility index (Phi) is 5.80. The lowest BCUT2D eigenvalue weighted by Crippen LogP contribution is -2.13. The molecule has 1 aromatic rings. The van der Waals surface area contributed by atoms with E-state index in [-0.39, 0.29) is 12.4 Å². The van der Waals surface area contributed by atoms with Crippen LogP contribution in [0, 0.1) is 0 Å². The summed E-state index contributed by atoms with van der Waals surface area (Å²) in [6, 6.07) is 3.57. The molecule has 0 aliphatic heterocycles. The van der Waals surface area contributed by atoms with E-state index in [1.807, 2.05) is 0 Å². The van der Waals surface area contributed by atoms with Gasteiger partial charge in [-0.25, -0.2) is 4.98 Å². The summed E-state index contributed by atoms with van der Waals surface area (Å²) in [6.45, 7) is 1.27. The molecular weight excluding hydrogens is 197 g/mol. The van der Waals surface area contributed by atoms with E-state index >= 15 is 0 Å². The molecule has 0 fully saturated rings. The van der Waals surface area contributed by atoms with Gasteiger partial charge in [0.25, 0.3) is 0 Å². The van der Waals surface area contributed by atoms with Crippen LogP contribution in [0.15, 0.2) is 18.3 Å². The summed E-state index contributed by atoms with van der Waals surface area (Å²) >= 11 is 5.79. The highest BCUT2D eigenvalue weighted by Crippen LogP contribution is 2.16. The van der Waals surface area contributed by atoms with E-state index in [0.29, 0.717) is 23.9 Å². The number of nitrogens with two attached hydrogens (primary N) is 1. The zero-order valence-electron chi connectivity index (χ0n) is 6.46. The minimum Gasteiger partial charge on any atom is -0.368 e. The molecule has 3 nitrogen and oxygen atoms in total. The lowest BCUT2D eigenvalue weighted by Gasteiger charge is -2.03. The monoisotopic (exact) mass is 207 g/mol. The van der Waals surface area contributed by atoms with Crippen molar-refractivity contribution >= 4 is 29.8 Å². The zero-order valence-corrected chi connectivity index (χ0v) is 8.03. The molecule has 0 atom stereocenters. The van der Waals surface area contributed by atoms with Crippen LogP contribution < -0.4 is 11.1 Å². The van der Waals surface area contributed by atoms with Gasteiger partial charge in [-0.15, -0.1) is 12.4 Å². The van der Waals surface area contributed by atoms with Gasteiger partial charge in [-0.2, -0.15) is 0 Å². The molecule has 1 rings (SSSR count). The summed E-state index contributed by atoms with van der Waals surface area (Å²) in [5.41, 5.74) is 5.29. The number of hydrogen-bond donors (Lipinski definition) is 2. The van der Waals surface area contributed by atoms with E-state index < -0.39 is 0 Å². The lowest BCUT2D eigenvalue weighted by molar-refractivity contribution is 1.01. The van der Waals surface area contributed by atoms with E-state index in [2.05, 4.69) is 10.3 Å². The van der Waals surface area contributed by atoms with Crippen LogP contribution in [0.3, 0.4) is 0 Å². The van der Waals surface area contributed by atoms with Gasteiger partial charge < -0.3 is 11.1 Å². The maximum absolute atomic E-state index is 5.79. The first-order valence-electron chi connectivity index (χ1n) is 3.39. The van der Waals surface area contributed by atoms with Gasteiger partial charge >= 0.3 is 0 Å². The van der Waals surface area contributed by atoms with Gasteiger partial charge in [0.1, 0.15) is 5.82 Å². The predicted octanol–water partition coefficient (Wildman–Crippen LogP) is 1.53. The average Bonchev–Trinajstić information content (AvgIpc) is 2.03. The third-order valence-corrected chi connectivity index (χ3v) is 1.50. The highest BCUT2D eigenvalue weighted by atomic mass is 35.5. The number of aromatic nitrogens is 1. The molecular formula is C7H11Cl2N3. The Morgan fingerprint density at radius 1 is 1.58 bits per heavy atom. The van der Waals surface area contributed by atoms with Gasteiger partial charge in [-0.3, -0.25) is 0 Å². The predicted molar refractivity (Wildman–Crippen MR) is 54.0 cm³/mol. The maximum atomic E-state index is 5.79. The lowest BCUT2D eigenvalue weighted by atomic mass is 10.4. The fourth-order valence-electron chi connectivity index (χ4n) is 0.706. The number of nitrogens with one attached hydrogen (secondary N) is 1. The molecule has 12 heavy (non-hydrogen) atoms. The second-order valence-corrected chi connectivity index (χ2v) is 2.46. The van der Waals surface area contributed by atoms with E-state index in [4.69, 9.17) is 17.3 Å². The standard InChI is InChI=1S/C7H10ClN3.ClH/c8-6-2-1-4-10-7(6)11-5-3-9;/h1-2,4H,3,5,9H2,(H,10,11);1H. The molecule has 0 aliphatic carbocycles. The minimum absolute atomic E-state index is 0. The molecule has 0 spiro atoms. The highest BCUT2D eigenvalue weighted by Gasteiger charge is 1.96. The number of anilines is 1. The van der Waals surface area contributed by atoms with Crippen molar-refractivity contribution in [2.45, 2.75) is 0 Å². The molecule has 0 bridgehead atoms. The second-order valence-electron chi connectivity index (χ2n) is 2.05. The molecule has 1 heterocycles. The molecule has 0 saturated heterocycles. The SMILES string of the molecule is Cl.NCCNc1ncccc1Cl. The molecule has 0 aliphatic rings. The smallest absolute Gasteiger partial charge is 0.144 e. The molecule has 68 valence electrons. The summed E-state index contributed by atoms with van der Waals surface area (Å²) in [5.74, 6) is 0.694. The van der Waals surface area contributed by atoms with E-state index in [9.17, 15) is 0 Å². The van der Waals surface area contributed by atoms with Crippen molar-refractivity contribution in [2.24, 2.45) is 5.73 Å². The van der Waals surface area contributed by atoms with Crippen molar-refractivity contribution in [3.63, 3.8) is 0 Å². The van der Waals surface area contributed by atoms with Gasteiger partial charge in [-0.05, 0) is 12.1 Å². The Bertz CT molecular complexity index is 230. The zero-order chi connectivity index (χ0) is 8.10. The van der Waals surface area contributed by atoms with Gasteiger partial charge in [0.2, 0.25) is 0 Å². The Labute approximate surface area is 82.7 Å². The van der Waals surface area contributed by atoms with Gasteiger partial charge in [0, 0.05) is 19.3 Å². The van der Waals surface area contributed by atoms with Gasteiger partial charge in [0.15, 0.2) is 0 Å². The molecule has 0 aromatic carbocycles. The normalized spacial score (nSPS) is 8.83. The second kappa shape index (κ2) is 6.06. The Hall–Kier alpha value is -0.510. The van der Waals surface area contributed by atoms with Crippen LogP contribution >= 0.6 is 24.0 Å². The number of halogens is 2. The van der Waals surface area contributed by atoms with Crippen molar-refractivity contribution < 1.29 is 0 Å². The van der Waals surface area contributed by atoms with Crippen LogP contribution in [0.25, 0.3) is 0 Å². The maximum Gasteiger partial charge on any atom is 0.144 e. The molecule has 5 heteroatoms. The Balaban J connectivity index is 0.00000121. The van der Waals surface area contributed by atoms with E-state index in [1.54, 1.807) is 18.3 Å². The number of nitrogens with zero attached hydrogens (tertiary/aromatic N) is 1. The van der Waals surface area contributed by atoms with Crippen molar-refractivity contribution in [1.82, 2.24) is 4.98 Å². The van der Waals surface area contributed by atoms with Crippen LogP contribution in [-0.4, -0.2) is 18.1 Å². The van der Waals surface area contributed by atoms with E-state index in [0.717, 1.165) is 0 Å². The quantitative estimate of drug-likeness (QED) is 0.791. The van der Waals surface area contributed by atoms with Gasteiger partial charge in [0.05, 0.1) is 5.02 Å². The Morgan fingerprint density at radius 3 is 2.92 bits per heavy atom. The first-order chi connectivity index (χ1) is 5.34. The van der Waals surface area contributed by atoms with Crippen LogP contribution in [-0.2, 0) is 0 Å². The molecule has 0 unspecified atom stereocenters. The third-order valence-electron chi connectivity index (χ3n) is 1.20. The topological polar surface area (TPSA) is 50.9 Å². The first kappa shape index (κ1) is 11.5. The molecule has 1 aromatic heterocycles. The fourth-order valence-corrected chi connectivity index (χ4v) is 0.895. The fraction of sp³-hybridized carbons (Fsp3) is 0.286. The average molecular weight is 208 g/mol. The summed E-state index contributed by atoms with van der Waals surface area (Å²) in [6.07, 6.45) is 1.69.